The van der Waals surface area contributed by atoms with Crippen molar-refractivity contribution < 1.29 is 9.53 Å². The Labute approximate surface area is 114 Å². The molecule has 1 amide bonds. The van der Waals surface area contributed by atoms with Crippen molar-refractivity contribution in [2.45, 2.75) is 26.3 Å². The summed E-state index contributed by atoms with van der Waals surface area (Å²) < 4.78 is 5.31. The molecule has 0 atom stereocenters. The molecule has 0 radical (unpaired) electrons. The van der Waals surface area contributed by atoms with Crippen molar-refractivity contribution >= 4 is 18.3 Å². The van der Waals surface area contributed by atoms with Crippen molar-refractivity contribution in [1.29, 1.82) is 0 Å². The molecule has 1 aromatic rings. The summed E-state index contributed by atoms with van der Waals surface area (Å²) in [6.45, 7) is 6.71. The average molecular weight is 273 g/mol. The maximum Gasteiger partial charge on any atom is 0.251 e. The van der Waals surface area contributed by atoms with Gasteiger partial charge in [0, 0.05) is 17.6 Å². The summed E-state index contributed by atoms with van der Waals surface area (Å²) in [5.74, 6) is 0.644. The van der Waals surface area contributed by atoms with E-state index in [4.69, 9.17) is 10.5 Å². The lowest BCUT2D eigenvalue weighted by Crippen LogP contribution is -2.48. The highest BCUT2D eigenvalue weighted by Gasteiger charge is 2.18. The van der Waals surface area contributed by atoms with Crippen molar-refractivity contribution in [1.82, 2.24) is 5.32 Å². The lowest BCUT2D eigenvalue weighted by atomic mass is 10.1. The van der Waals surface area contributed by atoms with Crippen LogP contribution in [0.25, 0.3) is 0 Å². The fourth-order valence-corrected chi connectivity index (χ4v) is 1.30. The van der Waals surface area contributed by atoms with Crippen LogP contribution in [-0.4, -0.2) is 24.6 Å². The van der Waals surface area contributed by atoms with Crippen LogP contribution >= 0.6 is 12.4 Å². The number of carbonyl (C=O) groups excluding carboxylic acids is 1. The van der Waals surface area contributed by atoms with Crippen LogP contribution in [0.15, 0.2) is 24.3 Å². The lowest BCUT2D eigenvalue weighted by molar-refractivity contribution is 0.0915. The summed E-state index contributed by atoms with van der Waals surface area (Å²) >= 11 is 0. The molecule has 102 valence electrons. The predicted octanol–water partition coefficient (Wildman–Crippen LogP) is 1.97. The fourth-order valence-electron chi connectivity index (χ4n) is 1.30. The summed E-state index contributed by atoms with van der Waals surface area (Å²) in [4.78, 5) is 11.9. The van der Waals surface area contributed by atoms with Crippen molar-refractivity contribution in [3.63, 3.8) is 0 Å². The Morgan fingerprint density at radius 3 is 2.33 bits per heavy atom. The third-order valence-electron chi connectivity index (χ3n) is 2.39. The van der Waals surface area contributed by atoms with Gasteiger partial charge >= 0.3 is 0 Å². The van der Waals surface area contributed by atoms with Crippen LogP contribution in [0.3, 0.4) is 0 Å². The third kappa shape index (κ3) is 4.94. The van der Waals surface area contributed by atoms with E-state index in [-0.39, 0.29) is 18.3 Å². The first-order chi connectivity index (χ1) is 7.98. The molecule has 0 saturated heterocycles. The van der Waals surface area contributed by atoms with Gasteiger partial charge in [0.15, 0.2) is 0 Å². The Morgan fingerprint density at radius 2 is 1.89 bits per heavy atom. The SMILES string of the molecule is CCOc1ccc(C(=O)NC(C)(C)CN)cc1.Cl. The van der Waals surface area contributed by atoms with Gasteiger partial charge in [0.25, 0.3) is 5.91 Å². The van der Waals surface area contributed by atoms with Gasteiger partial charge in [0.05, 0.1) is 6.61 Å². The molecule has 5 heteroatoms. The van der Waals surface area contributed by atoms with E-state index in [0.29, 0.717) is 18.7 Å². The van der Waals surface area contributed by atoms with Gasteiger partial charge in [0.2, 0.25) is 0 Å². The van der Waals surface area contributed by atoms with Gasteiger partial charge in [-0.25, -0.2) is 0 Å². The zero-order valence-electron chi connectivity index (χ0n) is 11.0. The van der Waals surface area contributed by atoms with Gasteiger partial charge in [0.1, 0.15) is 5.75 Å². The van der Waals surface area contributed by atoms with Gasteiger partial charge in [-0.3, -0.25) is 4.79 Å². The molecule has 0 heterocycles. The quantitative estimate of drug-likeness (QED) is 0.861. The van der Waals surface area contributed by atoms with Gasteiger partial charge < -0.3 is 15.8 Å². The molecule has 0 aliphatic rings. The molecule has 1 aromatic carbocycles. The van der Waals surface area contributed by atoms with E-state index < -0.39 is 5.54 Å². The molecule has 0 bridgehead atoms. The van der Waals surface area contributed by atoms with Crippen molar-refractivity contribution in [2.75, 3.05) is 13.2 Å². The van der Waals surface area contributed by atoms with Gasteiger partial charge in [-0.2, -0.15) is 0 Å². The molecule has 0 saturated carbocycles. The van der Waals surface area contributed by atoms with Crippen LogP contribution in [0.2, 0.25) is 0 Å². The molecular weight excluding hydrogens is 252 g/mol. The van der Waals surface area contributed by atoms with Crippen LogP contribution in [0.5, 0.6) is 5.75 Å². The minimum Gasteiger partial charge on any atom is -0.494 e. The number of hydrogen-bond acceptors (Lipinski definition) is 3. The van der Waals surface area contributed by atoms with E-state index in [2.05, 4.69) is 5.32 Å². The van der Waals surface area contributed by atoms with Gasteiger partial charge in [-0.15, -0.1) is 12.4 Å². The highest BCUT2D eigenvalue weighted by atomic mass is 35.5. The monoisotopic (exact) mass is 272 g/mol. The second kappa shape index (κ2) is 7.24. The number of carbonyl (C=O) groups is 1. The Kier molecular flexibility index (Phi) is 6.73. The van der Waals surface area contributed by atoms with Crippen molar-refractivity contribution in [3.05, 3.63) is 29.8 Å². The average Bonchev–Trinajstić information content (AvgIpc) is 2.30. The second-order valence-corrected chi connectivity index (χ2v) is 4.50. The molecule has 0 spiro atoms. The fraction of sp³-hybridized carbons (Fsp3) is 0.462. The number of rotatable bonds is 5. The first-order valence-electron chi connectivity index (χ1n) is 5.74. The third-order valence-corrected chi connectivity index (χ3v) is 2.39. The highest BCUT2D eigenvalue weighted by molar-refractivity contribution is 5.94. The molecule has 0 aliphatic heterocycles. The molecule has 1 rings (SSSR count). The van der Waals surface area contributed by atoms with Crippen LogP contribution < -0.4 is 15.8 Å². The predicted molar refractivity (Wildman–Crippen MR) is 75.5 cm³/mol. The standard InChI is InChI=1S/C13H20N2O2.ClH/c1-4-17-11-7-5-10(6-8-11)12(16)15-13(2,3)9-14;/h5-8H,4,9,14H2,1-3H3,(H,15,16);1H. The lowest BCUT2D eigenvalue weighted by Gasteiger charge is -2.24. The molecule has 4 nitrogen and oxygen atoms in total. The Bertz CT molecular complexity index is 377. The highest BCUT2D eigenvalue weighted by Crippen LogP contribution is 2.12. The number of nitrogens with one attached hydrogen (secondary N) is 1. The smallest absolute Gasteiger partial charge is 0.251 e. The zero-order valence-corrected chi connectivity index (χ0v) is 11.8. The Balaban J connectivity index is 0.00000289. The van der Waals surface area contributed by atoms with Crippen LogP contribution in [-0.2, 0) is 0 Å². The molecule has 0 fully saturated rings. The number of amides is 1. The van der Waals surface area contributed by atoms with E-state index >= 15 is 0 Å². The van der Waals surface area contributed by atoms with E-state index in [0.717, 1.165) is 5.75 Å². The van der Waals surface area contributed by atoms with E-state index in [1.165, 1.54) is 0 Å². The Morgan fingerprint density at radius 1 is 1.33 bits per heavy atom. The van der Waals surface area contributed by atoms with Crippen molar-refractivity contribution in [2.24, 2.45) is 5.73 Å². The van der Waals surface area contributed by atoms with Gasteiger partial charge in [-0.1, -0.05) is 0 Å². The summed E-state index contributed by atoms with van der Waals surface area (Å²) in [5, 5.41) is 2.87. The molecule has 3 N–H and O–H groups in total. The zero-order chi connectivity index (χ0) is 12.9. The van der Waals surface area contributed by atoms with E-state index in [1.807, 2.05) is 20.8 Å². The molecule has 0 unspecified atom stereocenters. The molecule has 18 heavy (non-hydrogen) atoms. The number of nitrogens with two attached hydrogens (primary N) is 1. The summed E-state index contributed by atoms with van der Waals surface area (Å²) in [5.41, 5.74) is 5.77. The van der Waals surface area contributed by atoms with Crippen molar-refractivity contribution in [3.8, 4) is 5.75 Å². The summed E-state index contributed by atoms with van der Waals surface area (Å²) in [7, 11) is 0. The second-order valence-electron chi connectivity index (χ2n) is 4.50. The van der Waals surface area contributed by atoms with E-state index in [9.17, 15) is 4.79 Å². The summed E-state index contributed by atoms with van der Waals surface area (Å²) in [6.07, 6.45) is 0. The van der Waals surface area contributed by atoms with Gasteiger partial charge in [-0.05, 0) is 45.0 Å². The maximum atomic E-state index is 11.9. The van der Waals surface area contributed by atoms with Crippen LogP contribution in [0.1, 0.15) is 31.1 Å². The number of ether oxygens (including phenoxy) is 1. The summed E-state index contributed by atoms with van der Waals surface area (Å²) in [6, 6.07) is 7.06. The molecule has 0 aliphatic carbocycles. The van der Waals surface area contributed by atoms with Crippen LogP contribution in [0.4, 0.5) is 0 Å². The van der Waals surface area contributed by atoms with Crippen LogP contribution in [0, 0.1) is 0 Å². The minimum absolute atomic E-state index is 0. The largest absolute Gasteiger partial charge is 0.494 e. The molecular formula is C13H21ClN2O2. The number of benzene rings is 1. The first kappa shape index (κ1) is 16.7. The normalized spacial score (nSPS) is 10.4. The topological polar surface area (TPSA) is 64.3 Å². The first-order valence-corrected chi connectivity index (χ1v) is 5.74. The number of halogens is 1. The maximum absolute atomic E-state index is 11.9. The number of hydrogen-bond donors (Lipinski definition) is 2. The molecule has 0 aromatic heterocycles. The van der Waals surface area contributed by atoms with E-state index in [1.54, 1.807) is 24.3 Å². The Hall–Kier alpha value is -1.26. The minimum atomic E-state index is -0.393.